The van der Waals surface area contributed by atoms with Gasteiger partial charge in [-0.2, -0.15) is 5.10 Å². The average molecular weight is 318 g/mol. The SMILES string of the molecule is CC(=O)N1N=C(c2ccccn2)CC1NC(CC(C)C)C(=O)O. The van der Waals surface area contributed by atoms with Crippen LogP contribution in [-0.2, 0) is 9.59 Å². The minimum absolute atomic E-state index is 0.229. The number of amides is 1. The van der Waals surface area contributed by atoms with E-state index in [0.717, 1.165) is 0 Å². The number of carbonyl (C=O) groups is 2. The van der Waals surface area contributed by atoms with Crippen molar-refractivity contribution in [1.82, 2.24) is 15.3 Å². The average Bonchev–Trinajstić information content (AvgIpc) is 2.91. The number of rotatable bonds is 6. The number of aromatic nitrogens is 1. The summed E-state index contributed by atoms with van der Waals surface area (Å²) in [5.74, 6) is -0.928. The number of carboxylic acid groups (broad SMARTS) is 1. The van der Waals surface area contributed by atoms with Crippen molar-refractivity contribution in [1.29, 1.82) is 0 Å². The molecule has 1 aliphatic heterocycles. The van der Waals surface area contributed by atoms with Crippen LogP contribution in [0.4, 0.5) is 0 Å². The van der Waals surface area contributed by atoms with Crippen molar-refractivity contribution in [2.75, 3.05) is 0 Å². The molecule has 0 aliphatic carbocycles. The van der Waals surface area contributed by atoms with Gasteiger partial charge in [-0.25, -0.2) is 5.01 Å². The summed E-state index contributed by atoms with van der Waals surface area (Å²) < 4.78 is 0. The zero-order valence-electron chi connectivity index (χ0n) is 13.6. The number of nitrogens with one attached hydrogen (secondary N) is 1. The standard InChI is InChI=1S/C16H22N4O3/c1-10(2)8-14(16(22)23)18-15-9-13(19-20(15)11(3)21)12-6-4-5-7-17-12/h4-7,10,14-15,18H,8-9H2,1-3H3,(H,22,23). The molecular weight excluding hydrogens is 296 g/mol. The van der Waals surface area contributed by atoms with Crippen molar-refractivity contribution in [3.05, 3.63) is 30.1 Å². The molecule has 0 spiro atoms. The highest BCUT2D eigenvalue weighted by atomic mass is 16.4. The smallest absolute Gasteiger partial charge is 0.320 e. The van der Waals surface area contributed by atoms with Gasteiger partial charge in [-0.1, -0.05) is 19.9 Å². The molecule has 7 nitrogen and oxygen atoms in total. The minimum Gasteiger partial charge on any atom is -0.480 e. The van der Waals surface area contributed by atoms with Crippen LogP contribution in [0.3, 0.4) is 0 Å². The Morgan fingerprint density at radius 1 is 1.43 bits per heavy atom. The molecule has 2 atom stereocenters. The lowest BCUT2D eigenvalue weighted by Crippen LogP contribution is -2.50. The number of hydrazone groups is 1. The van der Waals surface area contributed by atoms with Crippen LogP contribution in [-0.4, -0.2) is 44.9 Å². The molecule has 0 aromatic carbocycles. The highest BCUT2D eigenvalue weighted by molar-refractivity contribution is 6.01. The van der Waals surface area contributed by atoms with E-state index in [-0.39, 0.29) is 11.8 Å². The minimum atomic E-state index is -0.923. The molecule has 0 bridgehead atoms. The second-order valence-electron chi connectivity index (χ2n) is 6.03. The second-order valence-corrected chi connectivity index (χ2v) is 6.03. The van der Waals surface area contributed by atoms with E-state index in [0.29, 0.717) is 24.2 Å². The highest BCUT2D eigenvalue weighted by Gasteiger charge is 2.33. The number of aliphatic carboxylic acids is 1. The van der Waals surface area contributed by atoms with Crippen molar-refractivity contribution >= 4 is 17.6 Å². The van der Waals surface area contributed by atoms with Crippen LogP contribution >= 0.6 is 0 Å². The quantitative estimate of drug-likeness (QED) is 0.828. The summed E-state index contributed by atoms with van der Waals surface area (Å²) in [6.07, 6.45) is 2.11. The highest BCUT2D eigenvalue weighted by Crippen LogP contribution is 2.19. The first-order chi connectivity index (χ1) is 10.9. The van der Waals surface area contributed by atoms with E-state index in [1.807, 2.05) is 26.0 Å². The molecule has 7 heteroatoms. The monoisotopic (exact) mass is 318 g/mol. The third kappa shape index (κ3) is 4.35. The summed E-state index contributed by atoms with van der Waals surface area (Å²) in [5, 5.41) is 18.0. The lowest BCUT2D eigenvalue weighted by molar-refractivity contribution is -0.142. The Balaban J connectivity index is 2.16. The fraction of sp³-hybridized carbons (Fsp3) is 0.500. The van der Waals surface area contributed by atoms with E-state index in [9.17, 15) is 14.7 Å². The largest absolute Gasteiger partial charge is 0.480 e. The van der Waals surface area contributed by atoms with Crippen LogP contribution in [0.1, 0.15) is 39.3 Å². The fourth-order valence-corrected chi connectivity index (χ4v) is 2.56. The van der Waals surface area contributed by atoms with E-state index in [1.165, 1.54) is 11.9 Å². The van der Waals surface area contributed by atoms with Crippen LogP contribution in [0, 0.1) is 5.92 Å². The van der Waals surface area contributed by atoms with Gasteiger partial charge in [0.25, 0.3) is 0 Å². The van der Waals surface area contributed by atoms with Crippen molar-refractivity contribution < 1.29 is 14.7 Å². The number of carboxylic acids is 1. The van der Waals surface area contributed by atoms with Gasteiger partial charge < -0.3 is 5.11 Å². The van der Waals surface area contributed by atoms with Crippen LogP contribution in [0.2, 0.25) is 0 Å². The predicted molar refractivity (Wildman–Crippen MR) is 85.7 cm³/mol. The summed E-state index contributed by atoms with van der Waals surface area (Å²) in [7, 11) is 0. The Bertz CT molecular complexity index is 601. The molecular formula is C16H22N4O3. The van der Waals surface area contributed by atoms with Crippen molar-refractivity contribution in [2.24, 2.45) is 11.0 Å². The van der Waals surface area contributed by atoms with Gasteiger partial charge in [0.05, 0.1) is 11.4 Å². The van der Waals surface area contributed by atoms with Crippen molar-refractivity contribution in [2.45, 2.75) is 45.8 Å². The Morgan fingerprint density at radius 3 is 2.70 bits per heavy atom. The second kappa shape index (κ2) is 7.32. The molecule has 2 unspecified atom stereocenters. The third-order valence-corrected chi connectivity index (χ3v) is 3.59. The molecule has 2 heterocycles. The first kappa shape index (κ1) is 17.1. The topological polar surface area (TPSA) is 94.9 Å². The van der Waals surface area contributed by atoms with E-state index in [2.05, 4.69) is 15.4 Å². The molecule has 1 aliphatic rings. The molecule has 1 amide bonds. The molecule has 23 heavy (non-hydrogen) atoms. The molecule has 0 radical (unpaired) electrons. The van der Waals surface area contributed by atoms with Gasteiger partial charge in [-0.3, -0.25) is 19.9 Å². The zero-order chi connectivity index (χ0) is 17.0. The lowest BCUT2D eigenvalue weighted by atomic mass is 10.0. The molecule has 124 valence electrons. The number of pyridine rings is 1. The Labute approximate surface area is 135 Å². The molecule has 0 fully saturated rings. The van der Waals surface area contributed by atoms with Crippen LogP contribution < -0.4 is 5.32 Å². The van der Waals surface area contributed by atoms with Gasteiger partial charge >= 0.3 is 5.97 Å². The number of carbonyl (C=O) groups excluding carboxylic acids is 1. The molecule has 0 saturated heterocycles. The van der Waals surface area contributed by atoms with E-state index >= 15 is 0 Å². The Kier molecular flexibility index (Phi) is 5.44. The maximum absolute atomic E-state index is 11.8. The van der Waals surface area contributed by atoms with Gasteiger partial charge in [0.15, 0.2) is 0 Å². The summed E-state index contributed by atoms with van der Waals surface area (Å²) in [6, 6.07) is 4.76. The van der Waals surface area contributed by atoms with E-state index in [4.69, 9.17) is 0 Å². The van der Waals surface area contributed by atoms with Gasteiger partial charge in [-0.15, -0.1) is 0 Å². The summed E-state index contributed by atoms with van der Waals surface area (Å²) in [6.45, 7) is 5.34. The van der Waals surface area contributed by atoms with E-state index in [1.54, 1.807) is 12.3 Å². The van der Waals surface area contributed by atoms with Crippen LogP contribution in [0.15, 0.2) is 29.5 Å². The third-order valence-electron chi connectivity index (χ3n) is 3.59. The number of nitrogens with zero attached hydrogens (tertiary/aromatic N) is 3. The summed E-state index contributed by atoms with van der Waals surface area (Å²) in [5.41, 5.74) is 1.37. The maximum atomic E-state index is 11.8. The number of hydrogen-bond acceptors (Lipinski definition) is 5. The number of hydrogen-bond donors (Lipinski definition) is 2. The lowest BCUT2D eigenvalue weighted by Gasteiger charge is -2.26. The van der Waals surface area contributed by atoms with Crippen molar-refractivity contribution in [3.63, 3.8) is 0 Å². The Morgan fingerprint density at radius 2 is 2.17 bits per heavy atom. The first-order valence-corrected chi connectivity index (χ1v) is 7.66. The fourth-order valence-electron chi connectivity index (χ4n) is 2.56. The molecule has 1 aromatic heterocycles. The predicted octanol–water partition coefficient (Wildman–Crippen LogP) is 1.45. The maximum Gasteiger partial charge on any atom is 0.320 e. The summed E-state index contributed by atoms with van der Waals surface area (Å²) in [4.78, 5) is 27.5. The van der Waals surface area contributed by atoms with Gasteiger partial charge in [0, 0.05) is 19.5 Å². The normalized spacial score (nSPS) is 18.9. The van der Waals surface area contributed by atoms with Crippen LogP contribution in [0.5, 0.6) is 0 Å². The van der Waals surface area contributed by atoms with Gasteiger partial charge in [-0.05, 0) is 24.5 Å². The van der Waals surface area contributed by atoms with Gasteiger partial charge in [0.1, 0.15) is 12.2 Å². The van der Waals surface area contributed by atoms with E-state index < -0.39 is 18.2 Å². The van der Waals surface area contributed by atoms with Gasteiger partial charge in [0.2, 0.25) is 5.91 Å². The molecule has 0 saturated carbocycles. The first-order valence-electron chi connectivity index (χ1n) is 7.66. The Hall–Kier alpha value is -2.28. The van der Waals surface area contributed by atoms with Crippen molar-refractivity contribution in [3.8, 4) is 0 Å². The molecule has 2 rings (SSSR count). The van der Waals surface area contributed by atoms with Crippen LogP contribution in [0.25, 0.3) is 0 Å². The summed E-state index contributed by atoms with van der Waals surface area (Å²) >= 11 is 0. The molecule has 2 N–H and O–H groups in total. The zero-order valence-corrected chi connectivity index (χ0v) is 13.6. The molecule has 1 aromatic rings.